The molecule has 15 nitrogen and oxygen atoms in total. The highest BCUT2D eigenvalue weighted by Crippen LogP contribution is 2.53. The molecule has 15 heteroatoms. The molecule has 5 rings (SSSR count). The summed E-state index contributed by atoms with van der Waals surface area (Å²) in [6.07, 6.45) is -17.5. The van der Waals surface area contributed by atoms with Crippen molar-refractivity contribution < 1.29 is 74.4 Å². The zero-order chi connectivity index (χ0) is 25.2. The van der Waals surface area contributed by atoms with Crippen LogP contribution in [-0.2, 0) is 28.4 Å². The summed E-state index contributed by atoms with van der Waals surface area (Å²) in [6.45, 7) is -1.45. The van der Waals surface area contributed by atoms with E-state index >= 15 is 0 Å². The molecule has 3 saturated heterocycles. The van der Waals surface area contributed by atoms with Gasteiger partial charge in [-0.25, -0.2) is 0 Å². The molecule has 0 aromatic rings. The van der Waals surface area contributed by atoms with Gasteiger partial charge in [0.25, 0.3) is 0 Å². The lowest BCUT2D eigenvalue weighted by Crippen LogP contribution is -2.65. The van der Waals surface area contributed by atoms with Gasteiger partial charge in [-0.3, -0.25) is 0 Å². The molecule has 0 unspecified atom stereocenters. The van der Waals surface area contributed by atoms with E-state index in [1.807, 2.05) is 0 Å². The molecule has 0 spiro atoms. The minimum atomic E-state index is -1.81. The molecule has 16 atom stereocenters. The first kappa shape index (κ1) is 25.6. The van der Waals surface area contributed by atoms with Crippen molar-refractivity contribution in [3.63, 3.8) is 0 Å². The lowest BCUT2D eigenvalue weighted by Gasteiger charge is -2.47. The molecule has 5 aliphatic rings. The van der Waals surface area contributed by atoms with Crippen molar-refractivity contribution in [1.29, 1.82) is 0 Å². The summed E-state index contributed by atoms with van der Waals surface area (Å²) in [5.74, 6) is -0.882. The zero-order valence-corrected chi connectivity index (χ0v) is 18.2. The van der Waals surface area contributed by atoms with Gasteiger partial charge in [-0.1, -0.05) is 0 Å². The first-order valence-corrected chi connectivity index (χ1v) is 11.2. The second kappa shape index (κ2) is 9.38. The predicted molar refractivity (Wildman–Crippen MR) is 105 cm³/mol. The third-order valence-corrected chi connectivity index (χ3v) is 7.31. The highest BCUT2D eigenvalue weighted by atomic mass is 16.8. The fraction of sp³-hybridized carbons (Fsp3) is 0.900. The van der Waals surface area contributed by atoms with Crippen molar-refractivity contribution in [3.05, 3.63) is 12.3 Å². The number of ether oxygens (including phenoxy) is 6. The maximum atomic E-state index is 10.9. The summed E-state index contributed by atoms with van der Waals surface area (Å²) in [4.78, 5) is 0. The topological polar surface area (TPSA) is 241 Å². The van der Waals surface area contributed by atoms with Crippen LogP contribution in [0.1, 0.15) is 0 Å². The predicted octanol–water partition coefficient (Wildman–Crippen LogP) is -6.01. The van der Waals surface area contributed by atoms with E-state index in [2.05, 4.69) is 0 Å². The van der Waals surface area contributed by atoms with Crippen LogP contribution in [0.15, 0.2) is 12.3 Å². The molecule has 1 saturated carbocycles. The minimum Gasteiger partial charge on any atom is -0.472 e. The van der Waals surface area contributed by atoms with Gasteiger partial charge in [0.2, 0.25) is 6.29 Å². The van der Waals surface area contributed by atoms with Crippen LogP contribution in [0.25, 0.3) is 0 Å². The zero-order valence-electron chi connectivity index (χ0n) is 18.2. The van der Waals surface area contributed by atoms with Gasteiger partial charge in [0.1, 0.15) is 66.6 Å². The highest BCUT2D eigenvalue weighted by molar-refractivity contribution is 5.25. The Morgan fingerprint density at radius 1 is 0.686 bits per heavy atom. The molecule has 9 N–H and O–H groups in total. The van der Waals surface area contributed by atoms with E-state index in [9.17, 15) is 46.0 Å². The molecular weight excluding hydrogens is 480 g/mol. The van der Waals surface area contributed by atoms with Gasteiger partial charge in [0.15, 0.2) is 12.6 Å². The van der Waals surface area contributed by atoms with Gasteiger partial charge in [-0.2, -0.15) is 0 Å². The summed E-state index contributed by atoms with van der Waals surface area (Å²) in [6, 6.07) is 0. The Bertz CT molecular complexity index is 796. The lowest BCUT2D eigenvalue weighted by atomic mass is 9.86. The van der Waals surface area contributed by atoms with Crippen LogP contribution >= 0.6 is 0 Å². The van der Waals surface area contributed by atoms with Crippen LogP contribution in [0.4, 0.5) is 0 Å². The number of rotatable bonds is 6. The van der Waals surface area contributed by atoms with E-state index in [0.717, 1.165) is 6.26 Å². The van der Waals surface area contributed by atoms with Crippen LogP contribution in [-0.4, -0.2) is 151 Å². The molecule has 4 heterocycles. The summed E-state index contributed by atoms with van der Waals surface area (Å²) >= 11 is 0. The molecule has 4 fully saturated rings. The van der Waals surface area contributed by atoms with Crippen LogP contribution < -0.4 is 0 Å². The molecule has 0 aromatic carbocycles. The first-order chi connectivity index (χ1) is 16.6. The van der Waals surface area contributed by atoms with Crippen LogP contribution in [0.2, 0.25) is 0 Å². The van der Waals surface area contributed by atoms with Crippen molar-refractivity contribution in [2.45, 2.75) is 91.6 Å². The monoisotopic (exact) mass is 510 g/mol. The molecule has 0 radical (unpaired) electrons. The number of hydrogen-bond donors (Lipinski definition) is 9. The maximum Gasteiger partial charge on any atom is 0.210 e. The Morgan fingerprint density at radius 3 is 1.97 bits per heavy atom. The van der Waals surface area contributed by atoms with Gasteiger partial charge in [-0.05, 0) is 6.08 Å². The number of aliphatic hydroxyl groups excluding tert-OH is 8. The average molecular weight is 510 g/mol. The SMILES string of the molecule is OC[C@H]1O[C@@H](O[C@@H]2[C@@H](O)[C@H](O[C@@H]3OC=C[C@]4(O)[C@H]3[C@H]3O[C@H]3[C@H]4O)O[C@H](CO)[C@H]2O)[C@H](O)[C@@H](O)[C@@H]1O. The Morgan fingerprint density at radius 2 is 1.31 bits per heavy atom. The van der Waals surface area contributed by atoms with Gasteiger partial charge >= 0.3 is 0 Å². The number of fused-ring (bicyclic) bond motifs is 3. The van der Waals surface area contributed by atoms with Crippen LogP contribution in [0.5, 0.6) is 0 Å². The van der Waals surface area contributed by atoms with Gasteiger partial charge < -0.3 is 74.4 Å². The second-order valence-electron chi connectivity index (χ2n) is 9.37. The maximum absolute atomic E-state index is 10.9. The highest BCUT2D eigenvalue weighted by Gasteiger charge is 2.72. The van der Waals surface area contributed by atoms with Gasteiger partial charge in [-0.15, -0.1) is 0 Å². The fourth-order valence-corrected chi connectivity index (χ4v) is 5.21. The van der Waals surface area contributed by atoms with E-state index in [4.69, 9.17) is 28.4 Å². The fourth-order valence-electron chi connectivity index (χ4n) is 5.21. The standard InChI is InChI=1S/C20H30O15/c21-3-5-8(23)10(25)11(26)18(31-5)34-14-9(24)6(4-22)32-19(12(14)27)35-17-7-13-15(33-13)16(28)20(7,29)1-2-30-17/h1-2,5-19,21-29H,3-4H2/t5-,6-,7+,8-,9-,10+,11-,12-,13-,14+,15-,16-,17+,18+,19+,20+/m1/s1. The van der Waals surface area contributed by atoms with E-state index in [0.29, 0.717) is 0 Å². The largest absolute Gasteiger partial charge is 0.472 e. The molecule has 0 bridgehead atoms. The molecule has 200 valence electrons. The molecule has 1 aliphatic carbocycles. The summed E-state index contributed by atoms with van der Waals surface area (Å²) in [5, 5.41) is 91.9. The number of epoxide rings is 1. The van der Waals surface area contributed by atoms with E-state index in [-0.39, 0.29) is 0 Å². The summed E-state index contributed by atoms with van der Waals surface area (Å²) in [7, 11) is 0. The third kappa shape index (κ3) is 4.09. The Labute approximate surface area is 198 Å². The normalized spacial score (nSPS) is 57.3. The van der Waals surface area contributed by atoms with Crippen molar-refractivity contribution in [3.8, 4) is 0 Å². The van der Waals surface area contributed by atoms with E-state index in [1.54, 1.807) is 0 Å². The van der Waals surface area contributed by atoms with Gasteiger partial charge in [0.05, 0.1) is 31.5 Å². The van der Waals surface area contributed by atoms with Crippen LogP contribution in [0.3, 0.4) is 0 Å². The molecule has 35 heavy (non-hydrogen) atoms. The van der Waals surface area contributed by atoms with Crippen molar-refractivity contribution in [1.82, 2.24) is 0 Å². The Hall–Kier alpha value is -1.02. The number of aliphatic hydroxyl groups is 9. The van der Waals surface area contributed by atoms with Crippen molar-refractivity contribution in [2.24, 2.45) is 5.92 Å². The summed E-state index contributed by atoms with van der Waals surface area (Å²) < 4.78 is 32.8. The minimum absolute atomic E-state index is 0.578. The first-order valence-electron chi connectivity index (χ1n) is 11.2. The van der Waals surface area contributed by atoms with Crippen LogP contribution in [0, 0.1) is 5.92 Å². The molecular formula is C20H30O15. The smallest absolute Gasteiger partial charge is 0.210 e. The number of hydrogen-bond acceptors (Lipinski definition) is 15. The summed E-state index contributed by atoms with van der Waals surface area (Å²) in [5.41, 5.74) is -1.71. The van der Waals surface area contributed by atoms with Gasteiger partial charge in [0, 0.05) is 0 Å². The third-order valence-electron chi connectivity index (χ3n) is 7.31. The van der Waals surface area contributed by atoms with Crippen molar-refractivity contribution in [2.75, 3.05) is 13.2 Å². The Balaban J connectivity index is 1.32. The quantitative estimate of drug-likeness (QED) is 0.151. The average Bonchev–Trinajstić information content (AvgIpc) is 3.58. The molecule has 0 amide bonds. The second-order valence-corrected chi connectivity index (χ2v) is 9.37. The molecule has 0 aromatic heterocycles. The van der Waals surface area contributed by atoms with E-state index in [1.165, 1.54) is 6.08 Å². The van der Waals surface area contributed by atoms with Crippen molar-refractivity contribution >= 4 is 0 Å². The molecule has 4 aliphatic heterocycles. The Kier molecular flexibility index (Phi) is 6.86. The van der Waals surface area contributed by atoms with E-state index < -0.39 is 111 Å². The lowest BCUT2D eigenvalue weighted by molar-refractivity contribution is -0.378.